The van der Waals surface area contributed by atoms with Crippen molar-refractivity contribution in [3.8, 4) is 0 Å². The average Bonchev–Trinajstić information content (AvgIpc) is 3.39. The van der Waals surface area contributed by atoms with Crippen LogP contribution in [-0.2, 0) is 11.5 Å². The van der Waals surface area contributed by atoms with Crippen molar-refractivity contribution < 1.29 is 5.11 Å². The number of thiophene rings is 1. The van der Waals surface area contributed by atoms with Gasteiger partial charge in [0, 0.05) is 36.8 Å². The molecule has 3 aromatic heterocycles. The van der Waals surface area contributed by atoms with Gasteiger partial charge >= 0.3 is 0 Å². The van der Waals surface area contributed by atoms with E-state index in [4.69, 9.17) is 9.97 Å². The second-order valence-corrected chi connectivity index (χ2v) is 8.67. The molecule has 0 aliphatic carbocycles. The lowest BCUT2D eigenvalue weighted by atomic mass is 9.98. The number of fused-ring (bicyclic) bond motifs is 2. The van der Waals surface area contributed by atoms with Crippen molar-refractivity contribution in [2.24, 2.45) is 5.92 Å². The molecule has 3 N–H and O–H groups in total. The van der Waals surface area contributed by atoms with Crippen molar-refractivity contribution in [3.63, 3.8) is 0 Å². The zero-order valence-corrected chi connectivity index (χ0v) is 15.9. The van der Waals surface area contributed by atoms with Gasteiger partial charge in [-0.1, -0.05) is 0 Å². The van der Waals surface area contributed by atoms with Gasteiger partial charge in [-0.2, -0.15) is 21.8 Å². The van der Waals surface area contributed by atoms with Crippen LogP contribution in [0.25, 0.3) is 10.2 Å². The Morgan fingerprint density at radius 1 is 1.23 bits per heavy atom. The van der Waals surface area contributed by atoms with Crippen LogP contribution in [0.1, 0.15) is 24.1 Å². The number of nitrogens with zero attached hydrogens (tertiary/aromatic N) is 4. The number of aliphatic hydroxyl groups is 1. The minimum atomic E-state index is 0.271. The number of aromatic nitrogens is 4. The van der Waals surface area contributed by atoms with Crippen molar-refractivity contribution in [1.29, 1.82) is 0 Å². The Bertz CT molecular complexity index is 931. The molecule has 0 unspecified atom stereocenters. The van der Waals surface area contributed by atoms with Crippen LogP contribution in [0.2, 0.25) is 0 Å². The maximum atomic E-state index is 9.36. The van der Waals surface area contributed by atoms with E-state index >= 15 is 0 Å². The van der Waals surface area contributed by atoms with Crippen LogP contribution in [0.4, 0.5) is 17.6 Å². The molecule has 2 aliphatic rings. The van der Waals surface area contributed by atoms with Crippen molar-refractivity contribution in [3.05, 3.63) is 22.7 Å². The maximum absolute atomic E-state index is 9.36. The Morgan fingerprint density at radius 3 is 2.96 bits per heavy atom. The van der Waals surface area contributed by atoms with E-state index in [9.17, 15) is 5.11 Å². The number of nitrogens with one attached hydrogen (secondary N) is 2. The third-order valence-corrected chi connectivity index (χ3v) is 7.03. The zero-order chi connectivity index (χ0) is 17.5. The van der Waals surface area contributed by atoms with Gasteiger partial charge in [0.05, 0.1) is 15.9 Å². The van der Waals surface area contributed by atoms with Gasteiger partial charge in [-0.25, -0.2) is 4.98 Å². The van der Waals surface area contributed by atoms with Gasteiger partial charge in [0.2, 0.25) is 5.95 Å². The molecule has 0 atom stereocenters. The average molecular weight is 389 g/mol. The normalized spacial score (nSPS) is 17.8. The lowest BCUT2D eigenvalue weighted by molar-refractivity contribution is 0.202. The van der Waals surface area contributed by atoms with Crippen molar-refractivity contribution in [2.45, 2.75) is 24.3 Å². The van der Waals surface area contributed by atoms with Gasteiger partial charge in [-0.05, 0) is 30.2 Å². The molecule has 3 aromatic rings. The first kappa shape index (κ1) is 16.3. The molecule has 7 nitrogen and oxygen atoms in total. The third kappa shape index (κ3) is 2.83. The molecule has 0 spiro atoms. The summed E-state index contributed by atoms with van der Waals surface area (Å²) >= 11 is 3.54. The first-order valence-corrected chi connectivity index (χ1v) is 10.9. The zero-order valence-electron chi connectivity index (χ0n) is 14.2. The minimum Gasteiger partial charge on any atom is -0.396 e. The summed E-state index contributed by atoms with van der Waals surface area (Å²) in [6.45, 7) is 2.04. The maximum Gasteiger partial charge on any atom is 0.227 e. The van der Waals surface area contributed by atoms with E-state index in [2.05, 4.69) is 25.8 Å². The number of aliphatic hydroxyl groups excluding tert-OH is 1. The number of anilines is 3. The Kier molecular flexibility index (Phi) is 4.22. The van der Waals surface area contributed by atoms with E-state index in [-0.39, 0.29) is 6.61 Å². The molecule has 1 fully saturated rings. The predicted molar refractivity (Wildman–Crippen MR) is 106 cm³/mol. The monoisotopic (exact) mass is 388 g/mol. The van der Waals surface area contributed by atoms with Crippen LogP contribution in [0.15, 0.2) is 11.4 Å². The number of aromatic amines is 1. The quantitative estimate of drug-likeness (QED) is 0.633. The van der Waals surface area contributed by atoms with Crippen molar-refractivity contribution in [1.82, 2.24) is 20.2 Å². The molecule has 0 aromatic carbocycles. The standard InChI is InChI=1S/C17H20N6OS2/c24-7-10-1-4-23(5-2-10)17-18-12-3-6-26-14(12)16(20-17)19-15-11-8-25-9-13(11)21-22-15/h3,6,10,24H,1-2,4-5,7-9H2,(H2,18,19,20,21,22). The van der Waals surface area contributed by atoms with Gasteiger partial charge in [0.25, 0.3) is 0 Å². The SMILES string of the molecule is OCC1CCN(c2nc(Nc3n[nH]c4c3CSC4)c3sccc3n2)CC1. The second kappa shape index (κ2) is 6.71. The smallest absolute Gasteiger partial charge is 0.227 e. The molecule has 0 saturated carbocycles. The Labute approximate surface area is 159 Å². The van der Waals surface area contributed by atoms with Crippen LogP contribution < -0.4 is 10.2 Å². The molecular formula is C17H20N6OS2. The molecule has 0 bridgehead atoms. The molecule has 136 valence electrons. The number of hydrogen-bond donors (Lipinski definition) is 3. The highest BCUT2D eigenvalue weighted by Crippen LogP contribution is 2.36. The van der Waals surface area contributed by atoms with Crippen LogP contribution in [0, 0.1) is 5.92 Å². The first-order valence-electron chi connectivity index (χ1n) is 8.83. The topological polar surface area (TPSA) is 90.0 Å². The highest BCUT2D eigenvalue weighted by Gasteiger charge is 2.23. The molecule has 5 heterocycles. The van der Waals surface area contributed by atoms with E-state index < -0.39 is 0 Å². The summed E-state index contributed by atoms with van der Waals surface area (Å²) in [4.78, 5) is 11.8. The Hall–Kier alpha value is -1.84. The molecule has 0 amide bonds. The summed E-state index contributed by atoms with van der Waals surface area (Å²) in [7, 11) is 0. The molecule has 5 rings (SSSR count). The third-order valence-electron chi connectivity index (χ3n) is 5.13. The van der Waals surface area contributed by atoms with Gasteiger partial charge in [0.15, 0.2) is 11.6 Å². The van der Waals surface area contributed by atoms with Crippen LogP contribution >= 0.6 is 23.1 Å². The van der Waals surface area contributed by atoms with Crippen molar-refractivity contribution in [2.75, 3.05) is 29.9 Å². The van der Waals surface area contributed by atoms with E-state index in [1.165, 1.54) is 11.3 Å². The van der Waals surface area contributed by atoms with E-state index in [1.807, 2.05) is 17.8 Å². The summed E-state index contributed by atoms with van der Waals surface area (Å²) in [5.41, 5.74) is 3.43. The summed E-state index contributed by atoms with van der Waals surface area (Å²) in [6, 6.07) is 2.04. The summed E-state index contributed by atoms with van der Waals surface area (Å²) in [5, 5.41) is 22.4. The van der Waals surface area contributed by atoms with Gasteiger partial charge in [-0.3, -0.25) is 5.10 Å². The van der Waals surface area contributed by atoms with Gasteiger partial charge < -0.3 is 15.3 Å². The van der Waals surface area contributed by atoms with E-state index in [0.717, 1.165) is 65.2 Å². The lowest BCUT2D eigenvalue weighted by Gasteiger charge is -2.31. The fraction of sp³-hybridized carbons (Fsp3) is 0.471. The summed E-state index contributed by atoms with van der Waals surface area (Å²) in [6.07, 6.45) is 1.96. The molecular weight excluding hydrogens is 368 g/mol. The number of piperidine rings is 1. The predicted octanol–water partition coefficient (Wildman–Crippen LogP) is 3.11. The lowest BCUT2D eigenvalue weighted by Crippen LogP contribution is -2.35. The highest BCUT2D eigenvalue weighted by molar-refractivity contribution is 7.98. The minimum absolute atomic E-state index is 0.271. The highest BCUT2D eigenvalue weighted by atomic mass is 32.2. The second-order valence-electron chi connectivity index (χ2n) is 6.77. The molecule has 1 saturated heterocycles. The molecule has 0 radical (unpaired) electrons. The Morgan fingerprint density at radius 2 is 2.12 bits per heavy atom. The van der Waals surface area contributed by atoms with Gasteiger partial charge in [-0.15, -0.1) is 11.3 Å². The summed E-state index contributed by atoms with van der Waals surface area (Å²) < 4.78 is 1.06. The molecule has 2 aliphatic heterocycles. The molecule has 9 heteroatoms. The van der Waals surface area contributed by atoms with E-state index in [0.29, 0.717) is 5.92 Å². The fourth-order valence-corrected chi connectivity index (χ4v) is 5.38. The van der Waals surface area contributed by atoms with Gasteiger partial charge in [0.1, 0.15) is 0 Å². The van der Waals surface area contributed by atoms with Crippen LogP contribution in [-0.4, -0.2) is 45.0 Å². The van der Waals surface area contributed by atoms with Crippen LogP contribution in [0.3, 0.4) is 0 Å². The molecule has 26 heavy (non-hydrogen) atoms. The fourth-order valence-electron chi connectivity index (χ4n) is 3.54. The first-order chi connectivity index (χ1) is 12.8. The number of thioether (sulfide) groups is 1. The number of H-pyrrole nitrogens is 1. The Balaban J connectivity index is 1.47. The number of rotatable bonds is 4. The number of hydrogen-bond acceptors (Lipinski definition) is 8. The van der Waals surface area contributed by atoms with Crippen molar-refractivity contribution >= 4 is 50.9 Å². The van der Waals surface area contributed by atoms with Crippen LogP contribution in [0.5, 0.6) is 0 Å². The summed E-state index contributed by atoms with van der Waals surface area (Å²) in [5.74, 6) is 4.84. The van der Waals surface area contributed by atoms with E-state index in [1.54, 1.807) is 11.3 Å². The largest absolute Gasteiger partial charge is 0.396 e.